The van der Waals surface area contributed by atoms with Crippen molar-refractivity contribution >= 4 is 23.1 Å². The van der Waals surface area contributed by atoms with Gasteiger partial charge in [0, 0.05) is 18.8 Å². The third-order valence-electron chi connectivity index (χ3n) is 2.40. The lowest BCUT2D eigenvalue weighted by molar-refractivity contribution is -0.384. The molecular formula is C12H9ClFN3O2. The Morgan fingerprint density at radius 1 is 1.37 bits per heavy atom. The third kappa shape index (κ3) is 3.38. The number of aromatic nitrogens is 1. The Bertz CT molecular complexity index is 604. The number of pyridine rings is 1. The molecule has 5 nitrogen and oxygen atoms in total. The molecule has 0 spiro atoms. The van der Waals surface area contributed by atoms with Crippen LogP contribution in [0, 0.1) is 15.9 Å². The summed E-state index contributed by atoms with van der Waals surface area (Å²) in [6.07, 6.45) is 1.32. The lowest BCUT2D eigenvalue weighted by Gasteiger charge is -2.06. The molecule has 19 heavy (non-hydrogen) atoms. The maximum atomic E-state index is 12.7. The zero-order valence-electron chi connectivity index (χ0n) is 9.64. The normalized spacial score (nSPS) is 10.2. The van der Waals surface area contributed by atoms with Crippen LogP contribution >= 0.6 is 11.6 Å². The van der Waals surface area contributed by atoms with Crippen LogP contribution in [-0.2, 0) is 6.54 Å². The van der Waals surface area contributed by atoms with E-state index in [1.54, 1.807) is 12.1 Å². The minimum absolute atomic E-state index is 0.124. The molecule has 1 heterocycles. The Labute approximate surface area is 113 Å². The molecule has 98 valence electrons. The van der Waals surface area contributed by atoms with Crippen LogP contribution in [0.4, 0.5) is 15.9 Å². The second-order valence-corrected chi connectivity index (χ2v) is 4.19. The van der Waals surface area contributed by atoms with Crippen molar-refractivity contribution in [2.75, 3.05) is 5.32 Å². The molecule has 0 amide bonds. The van der Waals surface area contributed by atoms with E-state index in [0.29, 0.717) is 6.54 Å². The van der Waals surface area contributed by atoms with Gasteiger partial charge in [-0.05, 0) is 17.7 Å². The zero-order chi connectivity index (χ0) is 13.8. The minimum Gasteiger partial charge on any atom is -0.360 e. The molecule has 1 N–H and O–H groups in total. The molecule has 0 aliphatic carbocycles. The number of hydrogen-bond acceptors (Lipinski definition) is 4. The van der Waals surface area contributed by atoms with Crippen LogP contribution in [0.15, 0.2) is 36.5 Å². The predicted molar refractivity (Wildman–Crippen MR) is 69.6 cm³/mol. The highest BCUT2D eigenvalue weighted by molar-refractivity contribution is 6.30. The summed E-state index contributed by atoms with van der Waals surface area (Å²) in [5.41, 5.74) is 0.585. The van der Waals surface area contributed by atoms with Crippen LogP contribution in [0.25, 0.3) is 0 Å². The largest absolute Gasteiger partial charge is 0.360 e. The lowest BCUT2D eigenvalue weighted by Crippen LogP contribution is -2.04. The van der Waals surface area contributed by atoms with Gasteiger partial charge in [-0.25, -0.2) is 9.37 Å². The Hall–Kier alpha value is -2.21. The summed E-state index contributed by atoms with van der Waals surface area (Å²) in [4.78, 5) is 14.2. The van der Waals surface area contributed by atoms with Crippen molar-refractivity contribution in [2.24, 2.45) is 0 Å². The number of benzene rings is 1. The quantitative estimate of drug-likeness (QED) is 0.689. The van der Waals surface area contributed by atoms with Crippen molar-refractivity contribution in [1.29, 1.82) is 0 Å². The van der Waals surface area contributed by atoms with E-state index in [1.807, 2.05) is 0 Å². The van der Waals surface area contributed by atoms with Gasteiger partial charge >= 0.3 is 5.69 Å². The third-order valence-corrected chi connectivity index (χ3v) is 2.61. The summed E-state index contributed by atoms with van der Waals surface area (Å²) in [6, 6.07) is 7.04. The summed E-state index contributed by atoms with van der Waals surface area (Å²) in [5.74, 6) is -0.210. The number of anilines is 1. The average molecular weight is 282 g/mol. The topological polar surface area (TPSA) is 68.1 Å². The smallest absolute Gasteiger partial charge is 0.312 e. The molecular weight excluding hydrogens is 273 g/mol. The fourth-order valence-electron chi connectivity index (χ4n) is 1.49. The summed E-state index contributed by atoms with van der Waals surface area (Å²) >= 11 is 5.66. The molecule has 1 aromatic heterocycles. The van der Waals surface area contributed by atoms with E-state index >= 15 is 0 Å². The fourth-order valence-corrected chi connectivity index (χ4v) is 1.64. The predicted octanol–water partition coefficient (Wildman–Crippen LogP) is 3.39. The molecule has 7 heteroatoms. The van der Waals surface area contributed by atoms with E-state index in [0.717, 1.165) is 5.56 Å². The number of nitro groups is 1. The van der Waals surface area contributed by atoms with E-state index in [1.165, 1.54) is 24.4 Å². The summed E-state index contributed by atoms with van der Waals surface area (Å²) in [5, 5.41) is 13.9. The van der Waals surface area contributed by atoms with Crippen LogP contribution in [0.5, 0.6) is 0 Å². The Kier molecular flexibility index (Phi) is 3.91. The summed E-state index contributed by atoms with van der Waals surface area (Å²) < 4.78 is 12.7. The second kappa shape index (κ2) is 5.62. The van der Waals surface area contributed by atoms with Crippen LogP contribution < -0.4 is 5.32 Å². The Morgan fingerprint density at radius 2 is 2.05 bits per heavy atom. The average Bonchev–Trinajstić information content (AvgIpc) is 2.39. The summed E-state index contributed by atoms with van der Waals surface area (Å²) in [6.45, 7) is 0.301. The number of rotatable bonds is 4. The number of halogens is 2. The first-order chi connectivity index (χ1) is 9.06. The molecule has 0 aliphatic rings. The van der Waals surface area contributed by atoms with Crippen LogP contribution in [0.2, 0.25) is 5.02 Å². The molecule has 0 aliphatic heterocycles. The first kappa shape index (κ1) is 13.2. The standard InChI is InChI=1S/C12H9ClFN3O2/c13-9-5-11(17(18)19)12(16-7-9)15-6-8-1-3-10(14)4-2-8/h1-5,7H,6H2,(H,15,16). The first-order valence-corrected chi connectivity index (χ1v) is 5.72. The molecule has 0 atom stereocenters. The van der Waals surface area contributed by atoms with E-state index in [9.17, 15) is 14.5 Å². The van der Waals surface area contributed by atoms with E-state index < -0.39 is 4.92 Å². The number of hydrogen-bond donors (Lipinski definition) is 1. The molecule has 0 saturated carbocycles. The Morgan fingerprint density at radius 3 is 2.68 bits per heavy atom. The van der Waals surface area contributed by atoms with Crippen molar-refractivity contribution in [2.45, 2.75) is 6.54 Å². The van der Waals surface area contributed by atoms with Gasteiger partial charge in [-0.1, -0.05) is 23.7 Å². The van der Waals surface area contributed by atoms with Crippen LogP contribution in [0.3, 0.4) is 0 Å². The molecule has 0 fully saturated rings. The molecule has 0 unspecified atom stereocenters. The second-order valence-electron chi connectivity index (χ2n) is 3.76. The van der Waals surface area contributed by atoms with Gasteiger partial charge in [0.05, 0.1) is 9.95 Å². The molecule has 0 radical (unpaired) electrons. The van der Waals surface area contributed by atoms with E-state index in [4.69, 9.17) is 11.6 Å². The zero-order valence-corrected chi connectivity index (χ0v) is 10.4. The van der Waals surface area contributed by atoms with E-state index in [-0.39, 0.29) is 22.3 Å². The number of nitrogens with one attached hydrogen (secondary N) is 1. The van der Waals surface area contributed by atoms with Crippen LogP contribution in [-0.4, -0.2) is 9.91 Å². The minimum atomic E-state index is -0.564. The monoisotopic (exact) mass is 281 g/mol. The first-order valence-electron chi connectivity index (χ1n) is 5.34. The van der Waals surface area contributed by atoms with Crippen molar-refractivity contribution in [1.82, 2.24) is 4.98 Å². The van der Waals surface area contributed by atoms with Crippen molar-refractivity contribution in [3.8, 4) is 0 Å². The van der Waals surface area contributed by atoms with Crippen molar-refractivity contribution in [3.63, 3.8) is 0 Å². The van der Waals surface area contributed by atoms with E-state index in [2.05, 4.69) is 10.3 Å². The summed E-state index contributed by atoms with van der Waals surface area (Å²) in [7, 11) is 0. The fraction of sp³-hybridized carbons (Fsp3) is 0.0833. The molecule has 0 saturated heterocycles. The molecule has 2 aromatic rings. The number of nitrogens with zero attached hydrogens (tertiary/aromatic N) is 2. The Balaban J connectivity index is 2.15. The van der Waals surface area contributed by atoms with Gasteiger partial charge in [-0.3, -0.25) is 10.1 Å². The van der Waals surface area contributed by atoms with Crippen LogP contribution in [0.1, 0.15) is 5.56 Å². The lowest BCUT2D eigenvalue weighted by atomic mass is 10.2. The van der Waals surface area contributed by atoms with Gasteiger partial charge in [0.15, 0.2) is 0 Å². The molecule has 0 bridgehead atoms. The molecule has 1 aromatic carbocycles. The molecule has 2 rings (SSSR count). The highest BCUT2D eigenvalue weighted by Gasteiger charge is 2.15. The van der Waals surface area contributed by atoms with Crippen molar-refractivity contribution in [3.05, 3.63) is 63.0 Å². The van der Waals surface area contributed by atoms with Gasteiger partial charge in [0.2, 0.25) is 5.82 Å². The highest BCUT2D eigenvalue weighted by Crippen LogP contribution is 2.25. The highest BCUT2D eigenvalue weighted by atomic mass is 35.5. The van der Waals surface area contributed by atoms with Gasteiger partial charge < -0.3 is 5.32 Å². The maximum absolute atomic E-state index is 12.7. The maximum Gasteiger partial charge on any atom is 0.312 e. The van der Waals surface area contributed by atoms with Gasteiger partial charge in [0.25, 0.3) is 0 Å². The van der Waals surface area contributed by atoms with Gasteiger partial charge in [-0.2, -0.15) is 0 Å². The van der Waals surface area contributed by atoms with Gasteiger partial charge in [0.1, 0.15) is 5.82 Å². The van der Waals surface area contributed by atoms with Gasteiger partial charge in [-0.15, -0.1) is 0 Å². The SMILES string of the molecule is O=[N+]([O-])c1cc(Cl)cnc1NCc1ccc(F)cc1. The van der Waals surface area contributed by atoms with Crippen molar-refractivity contribution < 1.29 is 9.31 Å².